The fraction of sp³-hybridized carbons (Fsp3) is 0.455. The summed E-state index contributed by atoms with van der Waals surface area (Å²) in [5.41, 5.74) is 4.72. The first-order valence-corrected chi connectivity index (χ1v) is 9.69. The summed E-state index contributed by atoms with van der Waals surface area (Å²) < 4.78 is 6.00. The van der Waals surface area contributed by atoms with Crippen LogP contribution in [0.3, 0.4) is 0 Å². The molecule has 1 spiro atoms. The number of benzene rings is 1. The van der Waals surface area contributed by atoms with Gasteiger partial charge in [-0.15, -0.1) is 0 Å². The first kappa shape index (κ1) is 15.9. The Balaban J connectivity index is 1.35. The van der Waals surface area contributed by atoms with E-state index >= 15 is 0 Å². The van der Waals surface area contributed by atoms with Gasteiger partial charge in [0.05, 0.1) is 12.1 Å². The van der Waals surface area contributed by atoms with Crippen LogP contribution in [0, 0.1) is 12.8 Å². The number of imidazole rings is 1. The van der Waals surface area contributed by atoms with Crippen LogP contribution in [-0.4, -0.2) is 21.6 Å². The molecular weight excluding hydrogens is 322 g/mol. The molecule has 0 unspecified atom stereocenters. The van der Waals surface area contributed by atoms with E-state index in [1.807, 2.05) is 6.20 Å². The Kier molecular flexibility index (Phi) is 3.56. The second-order valence-corrected chi connectivity index (χ2v) is 8.20. The zero-order valence-corrected chi connectivity index (χ0v) is 15.5. The van der Waals surface area contributed by atoms with Crippen molar-refractivity contribution >= 4 is 11.2 Å². The Hall–Kier alpha value is -2.36. The van der Waals surface area contributed by atoms with Crippen LogP contribution in [0.2, 0.25) is 0 Å². The summed E-state index contributed by atoms with van der Waals surface area (Å²) in [6.07, 6.45) is 6.75. The molecule has 3 aromatic rings. The lowest BCUT2D eigenvalue weighted by molar-refractivity contribution is 0.169. The number of aromatic amines is 1. The van der Waals surface area contributed by atoms with Crippen LogP contribution in [0.4, 0.5) is 0 Å². The Bertz CT molecular complexity index is 953. The number of H-pyrrole nitrogens is 1. The molecule has 1 fully saturated rings. The number of hydrogen-bond donors (Lipinski definition) is 1. The highest BCUT2D eigenvalue weighted by molar-refractivity contribution is 5.71. The fourth-order valence-electron chi connectivity index (χ4n) is 4.89. The minimum absolute atomic E-state index is 0.235. The van der Waals surface area contributed by atoms with Crippen molar-refractivity contribution in [1.82, 2.24) is 15.0 Å². The van der Waals surface area contributed by atoms with Gasteiger partial charge in [-0.3, -0.25) is 0 Å². The summed E-state index contributed by atoms with van der Waals surface area (Å²) in [7, 11) is 0. The van der Waals surface area contributed by atoms with Gasteiger partial charge in [0.25, 0.3) is 0 Å². The molecule has 1 N–H and O–H groups in total. The van der Waals surface area contributed by atoms with E-state index in [0.29, 0.717) is 11.8 Å². The van der Waals surface area contributed by atoms with Gasteiger partial charge < -0.3 is 9.72 Å². The van der Waals surface area contributed by atoms with E-state index in [-0.39, 0.29) is 5.41 Å². The van der Waals surface area contributed by atoms with E-state index in [0.717, 1.165) is 29.3 Å². The zero-order valence-electron chi connectivity index (χ0n) is 15.5. The van der Waals surface area contributed by atoms with Crippen molar-refractivity contribution in [2.75, 3.05) is 6.61 Å². The summed E-state index contributed by atoms with van der Waals surface area (Å²) in [6.45, 7) is 5.23. The normalized spacial score (nSPS) is 26.0. The number of rotatable bonds is 2. The van der Waals surface area contributed by atoms with E-state index in [1.165, 1.54) is 36.8 Å². The number of fused-ring (bicyclic) bond motifs is 3. The number of para-hydroxylation sites is 1. The predicted molar refractivity (Wildman–Crippen MR) is 103 cm³/mol. The van der Waals surface area contributed by atoms with Gasteiger partial charge in [0.15, 0.2) is 5.65 Å². The maximum Gasteiger partial charge on any atom is 0.177 e. The van der Waals surface area contributed by atoms with Crippen molar-refractivity contribution in [3.8, 4) is 5.75 Å². The van der Waals surface area contributed by atoms with E-state index in [4.69, 9.17) is 9.72 Å². The SMILES string of the molecule is Cc1cnc2nc([C@@H](C)C3CCC4(CC3)COc3ccccc34)[nH]c2c1. The monoisotopic (exact) mass is 347 g/mol. The fourth-order valence-corrected chi connectivity index (χ4v) is 4.89. The molecule has 4 heteroatoms. The number of pyridine rings is 1. The molecule has 1 aromatic carbocycles. The van der Waals surface area contributed by atoms with E-state index < -0.39 is 0 Å². The van der Waals surface area contributed by atoms with Gasteiger partial charge in [-0.2, -0.15) is 0 Å². The van der Waals surface area contributed by atoms with Gasteiger partial charge in [0.2, 0.25) is 0 Å². The largest absolute Gasteiger partial charge is 0.492 e. The third-order valence-electron chi connectivity index (χ3n) is 6.58. The molecule has 1 aliphatic carbocycles. The van der Waals surface area contributed by atoms with Crippen LogP contribution < -0.4 is 4.74 Å². The van der Waals surface area contributed by atoms with Gasteiger partial charge in [-0.05, 0) is 56.2 Å². The third kappa shape index (κ3) is 2.43. The number of nitrogens with one attached hydrogen (secondary N) is 1. The summed E-state index contributed by atoms with van der Waals surface area (Å²) in [6, 6.07) is 10.7. The lowest BCUT2D eigenvalue weighted by Gasteiger charge is -2.38. The van der Waals surface area contributed by atoms with Crippen molar-refractivity contribution in [3.05, 3.63) is 53.5 Å². The lowest BCUT2D eigenvalue weighted by atomic mass is 9.65. The summed E-state index contributed by atoms with van der Waals surface area (Å²) in [4.78, 5) is 12.7. The summed E-state index contributed by atoms with van der Waals surface area (Å²) in [5, 5.41) is 0. The molecule has 0 saturated heterocycles. The smallest absolute Gasteiger partial charge is 0.177 e. The van der Waals surface area contributed by atoms with Crippen molar-refractivity contribution in [2.24, 2.45) is 5.92 Å². The second-order valence-electron chi connectivity index (χ2n) is 8.20. The molecule has 0 amide bonds. The van der Waals surface area contributed by atoms with Crippen molar-refractivity contribution < 1.29 is 4.74 Å². The second kappa shape index (κ2) is 5.83. The molecule has 2 aromatic heterocycles. The molecule has 1 saturated carbocycles. The third-order valence-corrected chi connectivity index (χ3v) is 6.58. The van der Waals surface area contributed by atoms with Gasteiger partial charge in [-0.1, -0.05) is 25.1 Å². The van der Waals surface area contributed by atoms with Crippen LogP contribution in [0.25, 0.3) is 11.2 Å². The first-order chi connectivity index (χ1) is 12.6. The maximum absolute atomic E-state index is 6.00. The Morgan fingerprint density at radius 2 is 2.04 bits per heavy atom. The molecule has 2 aliphatic rings. The van der Waals surface area contributed by atoms with Crippen LogP contribution >= 0.6 is 0 Å². The zero-order chi connectivity index (χ0) is 17.7. The molecule has 3 heterocycles. The maximum atomic E-state index is 6.00. The van der Waals surface area contributed by atoms with Crippen LogP contribution in [0.15, 0.2) is 36.5 Å². The van der Waals surface area contributed by atoms with Gasteiger partial charge in [0.1, 0.15) is 11.6 Å². The molecule has 4 nitrogen and oxygen atoms in total. The van der Waals surface area contributed by atoms with Gasteiger partial charge in [0, 0.05) is 23.1 Å². The van der Waals surface area contributed by atoms with Crippen LogP contribution in [-0.2, 0) is 5.41 Å². The lowest BCUT2D eigenvalue weighted by Crippen LogP contribution is -2.34. The van der Waals surface area contributed by atoms with E-state index in [1.54, 1.807) is 0 Å². The Morgan fingerprint density at radius 1 is 1.23 bits per heavy atom. The summed E-state index contributed by atoms with van der Waals surface area (Å²) in [5.74, 6) is 3.27. The molecule has 5 rings (SSSR count). The molecule has 1 aliphatic heterocycles. The minimum Gasteiger partial charge on any atom is -0.492 e. The number of aryl methyl sites for hydroxylation is 1. The standard InChI is InChI=1S/C22H25N3O/c1-14-11-18-21(23-12-14)25-20(24-18)15(2)16-7-9-22(10-8-16)13-26-19-6-4-3-5-17(19)22/h3-6,11-12,15-16H,7-10,13H2,1-2H3,(H,23,24,25)/t15-,16?,22?/m0/s1. The highest BCUT2D eigenvalue weighted by atomic mass is 16.5. The molecular formula is C22H25N3O. The molecule has 0 bridgehead atoms. The molecule has 0 radical (unpaired) electrons. The highest BCUT2D eigenvalue weighted by Crippen LogP contribution is 2.50. The predicted octanol–water partition coefficient (Wildman–Crippen LogP) is 4.89. The van der Waals surface area contributed by atoms with Crippen LogP contribution in [0.1, 0.15) is 55.5 Å². The topological polar surface area (TPSA) is 50.8 Å². The van der Waals surface area contributed by atoms with Crippen molar-refractivity contribution in [1.29, 1.82) is 0 Å². The van der Waals surface area contributed by atoms with E-state index in [2.05, 4.69) is 54.1 Å². The average Bonchev–Trinajstić information content (AvgIpc) is 3.24. The van der Waals surface area contributed by atoms with Crippen molar-refractivity contribution in [2.45, 2.75) is 50.9 Å². The van der Waals surface area contributed by atoms with E-state index in [9.17, 15) is 0 Å². The number of hydrogen-bond acceptors (Lipinski definition) is 3. The number of nitrogens with zero attached hydrogens (tertiary/aromatic N) is 2. The Labute approximate surface area is 154 Å². The number of ether oxygens (including phenoxy) is 1. The van der Waals surface area contributed by atoms with Crippen molar-refractivity contribution in [3.63, 3.8) is 0 Å². The molecule has 134 valence electrons. The summed E-state index contributed by atoms with van der Waals surface area (Å²) >= 11 is 0. The molecule has 26 heavy (non-hydrogen) atoms. The highest BCUT2D eigenvalue weighted by Gasteiger charge is 2.44. The van der Waals surface area contributed by atoms with Crippen LogP contribution in [0.5, 0.6) is 5.75 Å². The van der Waals surface area contributed by atoms with Gasteiger partial charge in [-0.25, -0.2) is 9.97 Å². The minimum atomic E-state index is 0.235. The van der Waals surface area contributed by atoms with Gasteiger partial charge >= 0.3 is 0 Å². The molecule has 1 atom stereocenters. The number of aromatic nitrogens is 3. The first-order valence-electron chi connectivity index (χ1n) is 9.69. The Morgan fingerprint density at radius 3 is 2.88 bits per heavy atom. The quantitative estimate of drug-likeness (QED) is 0.718. The average molecular weight is 347 g/mol.